The summed E-state index contributed by atoms with van der Waals surface area (Å²) in [6, 6.07) is 12.2. The molecular weight excluding hydrogens is 238 g/mol. The lowest BCUT2D eigenvalue weighted by Crippen LogP contribution is -2.32. The van der Waals surface area contributed by atoms with Gasteiger partial charge in [-0.05, 0) is 18.6 Å². The number of para-hydroxylation sites is 1. The number of hydrogen-bond donors (Lipinski definition) is 0. The van der Waals surface area contributed by atoms with E-state index in [1.165, 1.54) is 0 Å². The van der Waals surface area contributed by atoms with Gasteiger partial charge in [-0.2, -0.15) is 5.26 Å². The highest BCUT2D eigenvalue weighted by atomic mass is 16.5. The number of benzene rings is 1. The minimum absolute atomic E-state index is 0.347. The van der Waals surface area contributed by atoms with Crippen molar-refractivity contribution < 1.29 is 4.74 Å². The third kappa shape index (κ3) is 2.13. The summed E-state index contributed by atoms with van der Waals surface area (Å²) in [5, 5.41) is 10.2. The number of nitriles is 1. The standard InChI is InChI=1S/C15H15N3O/c1-18(12-6-7-19-10-12)15-8-11(9-16)13-4-2-3-5-14(13)17-15/h2-5,8,12H,6-7,10H2,1H3. The molecule has 1 saturated heterocycles. The molecule has 1 fully saturated rings. The van der Waals surface area contributed by atoms with Gasteiger partial charge in [0.05, 0.1) is 29.8 Å². The Hall–Kier alpha value is -2.12. The zero-order chi connectivity index (χ0) is 13.2. The molecule has 3 rings (SSSR count). The van der Waals surface area contributed by atoms with Crippen molar-refractivity contribution in [3.63, 3.8) is 0 Å². The van der Waals surface area contributed by atoms with Crippen LogP contribution in [0.3, 0.4) is 0 Å². The summed E-state index contributed by atoms with van der Waals surface area (Å²) in [4.78, 5) is 6.76. The molecular formula is C15H15N3O. The van der Waals surface area contributed by atoms with E-state index in [-0.39, 0.29) is 0 Å². The molecule has 4 heteroatoms. The minimum Gasteiger partial charge on any atom is -0.379 e. The highest BCUT2D eigenvalue weighted by molar-refractivity contribution is 5.86. The van der Waals surface area contributed by atoms with Crippen molar-refractivity contribution in [2.24, 2.45) is 0 Å². The summed E-state index contributed by atoms with van der Waals surface area (Å²) in [6.45, 7) is 1.53. The van der Waals surface area contributed by atoms with Crippen LogP contribution in [0.1, 0.15) is 12.0 Å². The van der Waals surface area contributed by atoms with Gasteiger partial charge in [0.25, 0.3) is 0 Å². The lowest BCUT2D eigenvalue weighted by atomic mass is 10.1. The molecule has 0 bridgehead atoms. The Morgan fingerprint density at radius 1 is 1.42 bits per heavy atom. The van der Waals surface area contributed by atoms with Gasteiger partial charge in [0, 0.05) is 19.0 Å². The Bertz CT molecular complexity index is 641. The molecule has 1 unspecified atom stereocenters. The van der Waals surface area contributed by atoms with Crippen LogP contribution in [0.15, 0.2) is 30.3 Å². The molecule has 1 aromatic heterocycles. The average Bonchev–Trinajstić information content (AvgIpc) is 2.99. The van der Waals surface area contributed by atoms with Crippen molar-refractivity contribution in [3.05, 3.63) is 35.9 Å². The number of nitrogens with zero attached hydrogens (tertiary/aromatic N) is 3. The number of aromatic nitrogens is 1. The van der Waals surface area contributed by atoms with Gasteiger partial charge in [0.2, 0.25) is 0 Å². The zero-order valence-electron chi connectivity index (χ0n) is 10.8. The summed E-state index contributed by atoms with van der Waals surface area (Å²) in [5.41, 5.74) is 1.54. The van der Waals surface area contributed by atoms with Crippen molar-refractivity contribution in [3.8, 4) is 6.07 Å². The normalized spacial score (nSPS) is 18.4. The fraction of sp³-hybridized carbons (Fsp3) is 0.333. The van der Waals surface area contributed by atoms with Gasteiger partial charge in [-0.1, -0.05) is 18.2 Å². The molecule has 19 heavy (non-hydrogen) atoms. The number of anilines is 1. The van der Waals surface area contributed by atoms with Crippen LogP contribution >= 0.6 is 0 Å². The van der Waals surface area contributed by atoms with Gasteiger partial charge in [-0.15, -0.1) is 0 Å². The molecule has 0 N–H and O–H groups in total. The molecule has 1 aromatic carbocycles. The van der Waals surface area contributed by atoms with Gasteiger partial charge >= 0.3 is 0 Å². The van der Waals surface area contributed by atoms with Crippen molar-refractivity contribution in [1.82, 2.24) is 4.98 Å². The quantitative estimate of drug-likeness (QED) is 0.824. The van der Waals surface area contributed by atoms with E-state index < -0.39 is 0 Å². The van der Waals surface area contributed by atoms with Crippen molar-refractivity contribution in [2.45, 2.75) is 12.5 Å². The van der Waals surface area contributed by atoms with Gasteiger partial charge in [0.15, 0.2) is 0 Å². The number of likely N-dealkylation sites (N-methyl/N-ethyl adjacent to an activating group) is 1. The fourth-order valence-electron chi connectivity index (χ4n) is 2.45. The van der Waals surface area contributed by atoms with Crippen LogP contribution in [-0.4, -0.2) is 31.3 Å². The molecule has 1 atom stereocenters. The first kappa shape index (κ1) is 11.9. The summed E-state index contributed by atoms with van der Waals surface area (Å²) in [7, 11) is 2.01. The first-order valence-electron chi connectivity index (χ1n) is 6.40. The van der Waals surface area contributed by atoms with Crippen LogP contribution in [0.4, 0.5) is 5.82 Å². The predicted molar refractivity (Wildman–Crippen MR) is 74.1 cm³/mol. The molecule has 2 aromatic rings. The second-order valence-corrected chi connectivity index (χ2v) is 4.79. The Morgan fingerprint density at radius 3 is 3.00 bits per heavy atom. The molecule has 2 heterocycles. The van der Waals surface area contributed by atoms with Crippen LogP contribution in [0.2, 0.25) is 0 Å². The highest BCUT2D eigenvalue weighted by Gasteiger charge is 2.22. The third-order valence-corrected chi connectivity index (χ3v) is 3.64. The smallest absolute Gasteiger partial charge is 0.130 e. The van der Waals surface area contributed by atoms with Crippen LogP contribution < -0.4 is 4.90 Å². The van der Waals surface area contributed by atoms with E-state index in [1.54, 1.807) is 0 Å². The zero-order valence-corrected chi connectivity index (χ0v) is 10.8. The van der Waals surface area contributed by atoms with E-state index in [2.05, 4.69) is 16.0 Å². The van der Waals surface area contributed by atoms with E-state index in [0.29, 0.717) is 11.6 Å². The van der Waals surface area contributed by atoms with Crippen molar-refractivity contribution >= 4 is 16.7 Å². The molecule has 4 nitrogen and oxygen atoms in total. The molecule has 0 amide bonds. The number of rotatable bonds is 2. The van der Waals surface area contributed by atoms with Crippen molar-refractivity contribution in [2.75, 3.05) is 25.2 Å². The maximum absolute atomic E-state index is 9.29. The van der Waals surface area contributed by atoms with Crippen molar-refractivity contribution in [1.29, 1.82) is 5.26 Å². The molecule has 0 aliphatic carbocycles. The summed E-state index contributed by atoms with van der Waals surface area (Å²) < 4.78 is 5.41. The summed E-state index contributed by atoms with van der Waals surface area (Å²) >= 11 is 0. The lowest BCUT2D eigenvalue weighted by Gasteiger charge is -2.24. The van der Waals surface area contributed by atoms with E-state index in [1.807, 2.05) is 37.4 Å². The second-order valence-electron chi connectivity index (χ2n) is 4.79. The topological polar surface area (TPSA) is 49.2 Å². The van der Waals surface area contributed by atoms with Crippen LogP contribution in [-0.2, 0) is 4.74 Å². The molecule has 96 valence electrons. The summed E-state index contributed by atoms with van der Waals surface area (Å²) in [5.74, 6) is 0.839. The lowest BCUT2D eigenvalue weighted by molar-refractivity contribution is 0.193. The monoisotopic (exact) mass is 253 g/mol. The van der Waals surface area contributed by atoms with Gasteiger partial charge in [-0.3, -0.25) is 0 Å². The third-order valence-electron chi connectivity index (χ3n) is 3.64. The van der Waals surface area contributed by atoms with E-state index in [4.69, 9.17) is 4.74 Å². The Morgan fingerprint density at radius 2 is 2.26 bits per heavy atom. The SMILES string of the molecule is CN(c1cc(C#N)c2ccccc2n1)C1CCOC1. The number of ether oxygens (including phenoxy) is 1. The second kappa shape index (κ2) is 4.87. The Kier molecular flexibility index (Phi) is 3.06. The maximum Gasteiger partial charge on any atom is 0.130 e. The maximum atomic E-state index is 9.29. The molecule has 1 aliphatic rings. The van der Waals surface area contributed by atoms with E-state index in [9.17, 15) is 5.26 Å². The average molecular weight is 253 g/mol. The molecule has 1 aliphatic heterocycles. The Balaban J connectivity index is 2.07. The first-order chi connectivity index (χ1) is 9.29. The Labute approximate surface area is 112 Å². The number of fused-ring (bicyclic) bond motifs is 1. The first-order valence-corrected chi connectivity index (χ1v) is 6.40. The molecule has 0 saturated carbocycles. The minimum atomic E-state index is 0.347. The van der Waals surface area contributed by atoms with Crippen LogP contribution in [0.5, 0.6) is 0 Å². The number of hydrogen-bond acceptors (Lipinski definition) is 4. The van der Waals surface area contributed by atoms with Gasteiger partial charge in [-0.25, -0.2) is 4.98 Å². The van der Waals surface area contributed by atoms with Crippen LogP contribution in [0.25, 0.3) is 10.9 Å². The van der Waals surface area contributed by atoms with Crippen LogP contribution in [0, 0.1) is 11.3 Å². The van der Waals surface area contributed by atoms with E-state index in [0.717, 1.165) is 36.4 Å². The molecule has 0 radical (unpaired) electrons. The molecule has 0 spiro atoms. The largest absolute Gasteiger partial charge is 0.379 e. The number of pyridine rings is 1. The summed E-state index contributed by atoms with van der Waals surface area (Å²) in [6.07, 6.45) is 1.01. The van der Waals surface area contributed by atoms with E-state index >= 15 is 0 Å². The van der Waals surface area contributed by atoms with Gasteiger partial charge < -0.3 is 9.64 Å². The van der Waals surface area contributed by atoms with Gasteiger partial charge in [0.1, 0.15) is 5.82 Å². The fourth-order valence-corrected chi connectivity index (χ4v) is 2.45. The predicted octanol–water partition coefficient (Wildman–Crippen LogP) is 2.33. The highest BCUT2D eigenvalue weighted by Crippen LogP contribution is 2.24.